The first-order valence-electron chi connectivity index (χ1n) is 8.33. The Hall–Kier alpha value is -2.47. The van der Waals surface area contributed by atoms with Crippen LogP contribution in [0.1, 0.15) is 17.0 Å². The van der Waals surface area contributed by atoms with Crippen molar-refractivity contribution in [3.63, 3.8) is 0 Å². The van der Waals surface area contributed by atoms with Gasteiger partial charge in [-0.3, -0.25) is 0 Å². The second-order valence-corrected chi connectivity index (χ2v) is 7.45. The second-order valence-electron chi connectivity index (χ2n) is 6.29. The van der Waals surface area contributed by atoms with Gasteiger partial charge in [0.15, 0.2) is 0 Å². The Labute approximate surface area is 168 Å². The van der Waals surface area contributed by atoms with Crippen LogP contribution in [0.3, 0.4) is 0 Å². The third-order valence-electron chi connectivity index (χ3n) is 4.84. The number of thiocyanates is 1. The van der Waals surface area contributed by atoms with E-state index in [0.717, 1.165) is 23.4 Å². The molecule has 28 heavy (non-hydrogen) atoms. The van der Waals surface area contributed by atoms with Gasteiger partial charge in [0, 0.05) is 34.3 Å². The number of nitrogens with zero attached hydrogens (tertiary/aromatic N) is 4. The van der Waals surface area contributed by atoms with Gasteiger partial charge in [-0.05, 0) is 17.7 Å². The van der Waals surface area contributed by atoms with Gasteiger partial charge >= 0.3 is 0 Å². The highest BCUT2D eigenvalue weighted by Gasteiger charge is 2.53. The lowest BCUT2D eigenvalue weighted by molar-refractivity contribution is -0.191. The molecule has 3 aromatic rings. The van der Waals surface area contributed by atoms with E-state index in [9.17, 15) is 8.78 Å². The predicted molar refractivity (Wildman–Crippen MR) is 99.7 cm³/mol. The molecule has 0 saturated carbocycles. The first kappa shape index (κ1) is 18.9. The average molecular weight is 419 g/mol. The molecule has 0 radical (unpaired) electrons. The van der Waals surface area contributed by atoms with Crippen molar-refractivity contribution in [2.75, 3.05) is 6.61 Å². The van der Waals surface area contributed by atoms with Crippen LogP contribution in [-0.2, 0) is 16.9 Å². The minimum Gasteiger partial charge on any atom is -0.367 e. The number of benzene rings is 2. The normalized spacial score (nSPS) is 21.1. The van der Waals surface area contributed by atoms with E-state index in [4.69, 9.17) is 21.6 Å². The highest BCUT2D eigenvalue weighted by atomic mass is 35.5. The Morgan fingerprint density at radius 2 is 2.14 bits per heavy atom. The van der Waals surface area contributed by atoms with E-state index in [1.54, 1.807) is 6.07 Å². The number of rotatable bonds is 5. The topological polar surface area (TPSA) is 63.7 Å². The molecule has 0 aliphatic carbocycles. The molecule has 0 spiro atoms. The molecule has 9 heteroatoms. The standard InChI is InChI=1S/C19H13ClF2N4OS/c20-16-4-2-1-3-13(16)15-8-27-19(15,14-6-5-12(21)7-17(14)22)9-26-18(28-10-23)24-11-25-26/h1-7,11,15H,8-9H2. The second kappa shape index (κ2) is 7.51. The Balaban J connectivity index is 1.83. The van der Waals surface area contributed by atoms with E-state index in [1.807, 2.05) is 23.6 Å². The largest absolute Gasteiger partial charge is 0.367 e. The molecule has 1 aliphatic heterocycles. The Kier molecular flexibility index (Phi) is 5.06. The highest BCUT2D eigenvalue weighted by molar-refractivity contribution is 8.03. The fourth-order valence-corrected chi connectivity index (χ4v) is 4.18. The minimum atomic E-state index is -1.17. The maximum Gasteiger partial charge on any atom is 0.200 e. The SMILES string of the molecule is N#CSc1ncnn1CC1(c2ccc(F)cc2F)OCC1c1ccccc1Cl. The van der Waals surface area contributed by atoms with Crippen molar-refractivity contribution in [2.24, 2.45) is 0 Å². The van der Waals surface area contributed by atoms with E-state index in [1.165, 1.54) is 23.1 Å². The molecule has 2 aromatic carbocycles. The Bertz CT molecular complexity index is 1070. The summed E-state index contributed by atoms with van der Waals surface area (Å²) in [5.74, 6) is -1.68. The fraction of sp³-hybridized carbons (Fsp3) is 0.211. The molecule has 1 fully saturated rings. The van der Waals surface area contributed by atoms with Crippen molar-refractivity contribution in [2.45, 2.75) is 23.2 Å². The van der Waals surface area contributed by atoms with Crippen LogP contribution in [0.4, 0.5) is 8.78 Å². The minimum absolute atomic E-state index is 0.0927. The van der Waals surface area contributed by atoms with Crippen molar-refractivity contribution >= 4 is 23.4 Å². The van der Waals surface area contributed by atoms with Crippen LogP contribution in [0.25, 0.3) is 0 Å². The first-order chi connectivity index (χ1) is 13.5. The number of ether oxygens (including phenoxy) is 1. The molecular formula is C19H13ClF2N4OS. The molecule has 2 atom stereocenters. The van der Waals surface area contributed by atoms with Gasteiger partial charge < -0.3 is 4.74 Å². The smallest absolute Gasteiger partial charge is 0.200 e. The van der Waals surface area contributed by atoms with Gasteiger partial charge in [-0.15, -0.1) is 0 Å². The summed E-state index contributed by atoms with van der Waals surface area (Å²) in [7, 11) is 0. The summed E-state index contributed by atoms with van der Waals surface area (Å²) in [6.45, 7) is 0.408. The van der Waals surface area contributed by atoms with E-state index < -0.39 is 17.2 Å². The van der Waals surface area contributed by atoms with Crippen LogP contribution >= 0.6 is 23.4 Å². The Morgan fingerprint density at radius 1 is 1.32 bits per heavy atom. The van der Waals surface area contributed by atoms with Crippen LogP contribution in [-0.4, -0.2) is 21.4 Å². The van der Waals surface area contributed by atoms with E-state index in [0.29, 0.717) is 16.8 Å². The summed E-state index contributed by atoms with van der Waals surface area (Å²) in [6.07, 6.45) is 1.32. The third kappa shape index (κ3) is 3.15. The molecule has 1 saturated heterocycles. The third-order valence-corrected chi connectivity index (χ3v) is 5.77. The molecule has 1 aliphatic rings. The van der Waals surface area contributed by atoms with Crippen LogP contribution < -0.4 is 0 Å². The van der Waals surface area contributed by atoms with Crippen LogP contribution in [0, 0.1) is 22.3 Å². The molecule has 142 valence electrons. The van der Waals surface area contributed by atoms with Gasteiger partial charge in [-0.2, -0.15) is 10.4 Å². The van der Waals surface area contributed by atoms with Crippen LogP contribution in [0.2, 0.25) is 5.02 Å². The molecule has 0 N–H and O–H groups in total. The van der Waals surface area contributed by atoms with Gasteiger partial charge in [0.25, 0.3) is 0 Å². The van der Waals surface area contributed by atoms with Crippen molar-refractivity contribution in [1.29, 1.82) is 5.26 Å². The van der Waals surface area contributed by atoms with E-state index >= 15 is 0 Å². The van der Waals surface area contributed by atoms with E-state index in [-0.39, 0.29) is 18.0 Å². The lowest BCUT2D eigenvalue weighted by Crippen LogP contribution is -2.52. The zero-order valence-electron chi connectivity index (χ0n) is 14.3. The summed E-state index contributed by atoms with van der Waals surface area (Å²) in [4.78, 5) is 4.05. The molecule has 5 nitrogen and oxygen atoms in total. The number of hydrogen-bond acceptors (Lipinski definition) is 5. The lowest BCUT2D eigenvalue weighted by Gasteiger charge is -2.50. The van der Waals surface area contributed by atoms with Gasteiger partial charge in [-0.1, -0.05) is 35.9 Å². The van der Waals surface area contributed by atoms with Gasteiger partial charge in [0.05, 0.1) is 13.2 Å². The number of thioether (sulfide) groups is 1. The van der Waals surface area contributed by atoms with Gasteiger partial charge in [-0.25, -0.2) is 18.4 Å². The van der Waals surface area contributed by atoms with Crippen LogP contribution in [0.5, 0.6) is 0 Å². The van der Waals surface area contributed by atoms with Gasteiger partial charge in [0.2, 0.25) is 5.16 Å². The van der Waals surface area contributed by atoms with Crippen molar-refractivity contribution in [3.8, 4) is 5.40 Å². The van der Waals surface area contributed by atoms with E-state index in [2.05, 4.69) is 10.1 Å². The summed E-state index contributed by atoms with van der Waals surface area (Å²) in [5.41, 5.74) is -0.163. The zero-order valence-corrected chi connectivity index (χ0v) is 15.9. The molecular weight excluding hydrogens is 406 g/mol. The Morgan fingerprint density at radius 3 is 2.82 bits per heavy atom. The maximum atomic E-state index is 14.8. The number of hydrogen-bond donors (Lipinski definition) is 0. The molecule has 0 bridgehead atoms. The predicted octanol–water partition coefficient (Wildman–Crippen LogP) is 4.49. The van der Waals surface area contributed by atoms with Crippen molar-refractivity contribution < 1.29 is 13.5 Å². The zero-order chi connectivity index (χ0) is 19.7. The number of aromatic nitrogens is 3. The molecule has 0 amide bonds. The molecule has 4 rings (SSSR count). The summed E-state index contributed by atoms with van der Waals surface area (Å²) < 4.78 is 35.7. The molecule has 1 aromatic heterocycles. The first-order valence-corrected chi connectivity index (χ1v) is 9.52. The molecule has 2 unspecified atom stereocenters. The van der Waals surface area contributed by atoms with Gasteiger partial charge in [0.1, 0.15) is 29.0 Å². The fourth-order valence-electron chi connectivity index (χ4n) is 3.51. The summed E-state index contributed by atoms with van der Waals surface area (Å²) in [6, 6.07) is 10.7. The number of halogens is 3. The highest BCUT2D eigenvalue weighted by Crippen LogP contribution is 2.52. The molecule has 2 heterocycles. The van der Waals surface area contributed by atoms with Crippen molar-refractivity contribution in [3.05, 3.63) is 76.6 Å². The van der Waals surface area contributed by atoms with Crippen molar-refractivity contribution in [1.82, 2.24) is 14.8 Å². The monoisotopic (exact) mass is 418 g/mol. The number of nitriles is 1. The average Bonchev–Trinajstić information content (AvgIpc) is 3.08. The maximum absolute atomic E-state index is 14.8. The summed E-state index contributed by atoms with van der Waals surface area (Å²) in [5, 5.41) is 16.0. The van der Waals surface area contributed by atoms with Crippen LogP contribution in [0.15, 0.2) is 53.9 Å². The summed E-state index contributed by atoms with van der Waals surface area (Å²) >= 11 is 7.23. The lowest BCUT2D eigenvalue weighted by atomic mass is 9.73. The quantitative estimate of drug-likeness (QED) is 0.451.